The van der Waals surface area contributed by atoms with E-state index >= 15 is 0 Å². The standard InChI is InChI=1S/C11H15N5O2S/c1-3-5-15-6-4-9(17)16(11(15)18)7-8-13-14-10(12-2)19-8/h4,6H,3,5,7H2,1-2H3,(H,12,14). The van der Waals surface area contributed by atoms with Crippen LogP contribution in [0.3, 0.4) is 0 Å². The van der Waals surface area contributed by atoms with Crippen molar-refractivity contribution in [2.75, 3.05) is 12.4 Å². The van der Waals surface area contributed by atoms with Crippen molar-refractivity contribution in [3.8, 4) is 0 Å². The maximum atomic E-state index is 12.1. The van der Waals surface area contributed by atoms with E-state index in [1.165, 1.54) is 32.7 Å². The zero-order valence-electron chi connectivity index (χ0n) is 10.8. The van der Waals surface area contributed by atoms with E-state index in [0.29, 0.717) is 16.7 Å². The Bertz CT molecular complexity index is 672. The lowest BCUT2D eigenvalue weighted by Crippen LogP contribution is -2.39. The first-order valence-electron chi connectivity index (χ1n) is 5.96. The molecule has 7 nitrogen and oxygen atoms in total. The third kappa shape index (κ3) is 2.90. The molecule has 0 fully saturated rings. The molecule has 2 rings (SSSR count). The zero-order valence-corrected chi connectivity index (χ0v) is 11.6. The summed E-state index contributed by atoms with van der Waals surface area (Å²) >= 11 is 1.32. The largest absolute Gasteiger partial charge is 0.363 e. The average Bonchev–Trinajstić information content (AvgIpc) is 2.86. The molecule has 0 saturated carbocycles. The lowest BCUT2D eigenvalue weighted by atomic mass is 10.4. The minimum atomic E-state index is -0.321. The topological polar surface area (TPSA) is 81.8 Å². The Morgan fingerprint density at radius 1 is 1.37 bits per heavy atom. The van der Waals surface area contributed by atoms with Crippen LogP contribution in [-0.2, 0) is 13.1 Å². The molecule has 0 aromatic carbocycles. The molecule has 0 aliphatic carbocycles. The van der Waals surface area contributed by atoms with Crippen LogP contribution < -0.4 is 16.6 Å². The van der Waals surface area contributed by atoms with Crippen molar-refractivity contribution in [1.82, 2.24) is 19.3 Å². The maximum absolute atomic E-state index is 12.1. The van der Waals surface area contributed by atoms with Gasteiger partial charge in [0.1, 0.15) is 5.01 Å². The number of nitrogens with zero attached hydrogens (tertiary/aromatic N) is 4. The second-order valence-corrected chi connectivity index (χ2v) is 5.03. The lowest BCUT2D eigenvalue weighted by Gasteiger charge is -2.07. The number of anilines is 1. The van der Waals surface area contributed by atoms with Crippen LogP contribution in [0, 0.1) is 0 Å². The van der Waals surface area contributed by atoms with Gasteiger partial charge in [0, 0.05) is 25.9 Å². The molecule has 0 bridgehead atoms. The maximum Gasteiger partial charge on any atom is 0.331 e. The van der Waals surface area contributed by atoms with Gasteiger partial charge in [0.25, 0.3) is 5.56 Å². The highest BCUT2D eigenvalue weighted by molar-refractivity contribution is 7.15. The lowest BCUT2D eigenvalue weighted by molar-refractivity contribution is 0.569. The SMILES string of the molecule is CCCn1ccc(=O)n(Cc2nnc(NC)s2)c1=O. The summed E-state index contributed by atoms with van der Waals surface area (Å²) in [5.74, 6) is 0. The normalized spacial score (nSPS) is 10.6. The summed E-state index contributed by atoms with van der Waals surface area (Å²) in [5.41, 5.74) is -0.630. The van der Waals surface area contributed by atoms with Gasteiger partial charge in [-0.1, -0.05) is 18.3 Å². The molecule has 0 atom stereocenters. The molecular weight excluding hydrogens is 266 g/mol. The summed E-state index contributed by atoms with van der Waals surface area (Å²) in [6.07, 6.45) is 2.37. The van der Waals surface area contributed by atoms with Crippen molar-refractivity contribution in [1.29, 1.82) is 0 Å². The predicted molar refractivity (Wildman–Crippen MR) is 73.8 cm³/mol. The predicted octanol–water partition coefficient (Wildman–Crippen LogP) is 0.361. The summed E-state index contributed by atoms with van der Waals surface area (Å²) < 4.78 is 2.71. The Morgan fingerprint density at radius 3 is 2.79 bits per heavy atom. The van der Waals surface area contributed by atoms with Crippen LogP contribution in [0.1, 0.15) is 18.4 Å². The van der Waals surface area contributed by atoms with Crippen LogP contribution in [0.4, 0.5) is 5.13 Å². The van der Waals surface area contributed by atoms with Crippen LogP contribution in [0.15, 0.2) is 21.9 Å². The van der Waals surface area contributed by atoms with E-state index in [1.54, 1.807) is 7.05 Å². The molecule has 0 saturated heterocycles. The van der Waals surface area contributed by atoms with Crippen LogP contribution in [0.2, 0.25) is 0 Å². The quantitative estimate of drug-likeness (QED) is 0.856. The van der Waals surface area contributed by atoms with Gasteiger partial charge in [-0.3, -0.25) is 9.36 Å². The van der Waals surface area contributed by atoms with Gasteiger partial charge in [0.2, 0.25) is 5.13 Å². The number of aromatic nitrogens is 4. The van der Waals surface area contributed by atoms with E-state index in [1.807, 2.05) is 6.92 Å². The summed E-state index contributed by atoms with van der Waals surface area (Å²) in [7, 11) is 1.74. The molecule has 8 heteroatoms. The Hall–Kier alpha value is -1.96. The first kappa shape index (κ1) is 13.5. The van der Waals surface area contributed by atoms with Gasteiger partial charge in [0.05, 0.1) is 6.54 Å². The van der Waals surface area contributed by atoms with Gasteiger partial charge in [0.15, 0.2) is 0 Å². The Balaban J connectivity index is 2.36. The number of rotatable bonds is 5. The molecule has 2 heterocycles. The smallest absolute Gasteiger partial charge is 0.331 e. The number of nitrogens with one attached hydrogen (secondary N) is 1. The summed E-state index contributed by atoms with van der Waals surface area (Å²) in [5, 5.41) is 12.0. The van der Waals surface area contributed by atoms with Gasteiger partial charge in [-0.25, -0.2) is 4.79 Å². The first-order chi connectivity index (χ1) is 9.15. The average molecular weight is 281 g/mol. The third-order valence-corrected chi connectivity index (χ3v) is 3.50. The van der Waals surface area contributed by atoms with Gasteiger partial charge in [-0.05, 0) is 6.42 Å². The second-order valence-electron chi connectivity index (χ2n) is 3.97. The number of hydrogen-bond donors (Lipinski definition) is 1. The van der Waals surface area contributed by atoms with E-state index in [-0.39, 0.29) is 17.8 Å². The molecular formula is C11H15N5O2S. The molecule has 0 aliphatic heterocycles. The van der Waals surface area contributed by atoms with Crippen molar-refractivity contribution in [3.05, 3.63) is 38.1 Å². The number of hydrogen-bond acceptors (Lipinski definition) is 6. The van der Waals surface area contributed by atoms with E-state index in [2.05, 4.69) is 15.5 Å². The second kappa shape index (κ2) is 5.79. The molecule has 102 valence electrons. The Kier molecular flexibility index (Phi) is 4.10. The van der Waals surface area contributed by atoms with Crippen LogP contribution in [-0.4, -0.2) is 26.4 Å². The van der Waals surface area contributed by atoms with Gasteiger partial charge in [-0.2, -0.15) is 0 Å². The molecule has 2 aromatic heterocycles. The van der Waals surface area contributed by atoms with E-state index in [9.17, 15) is 9.59 Å². The number of aryl methyl sites for hydroxylation is 1. The Labute approximate surface area is 113 Å². The van der Waals surface area contributed by atoms with Crippen molar-refractivity contribution >= 4 is 16.5 Å². The monoisotopic (exact) mass is 281 g/mol. The third-order valence-electron chi connectivity index (χ3n) is 2.58. The van der Waals surface area contributed by atoms with Crippen molar-refractivity contribution in [3.63, 3.8) is 0 Å². The van der Waals surface area contributed by atoms with E-state index in [0.717, 1.165) is 6.42 Å². The molecule has 0 radical (unpaired) electrons. The van der Waals surface area contributed by atoms with E-state index in [4.69, 9.17) is 0 Å². The summed E-state index contributed by atoms with van der Waals surface area (Å²) in [6, 6.07) is 1.40. The minimum Gasteiger partial charge on any atom is -0.363 e. The zero-order chi connectivity index (χ0) is 13.8. The van der Waals surface area contributed by atoms with Gasteiger partial charge in [-0.15, -0.1) is 10.2 Å². The fraction of sp³-hybridized carbons (Fsp3) is 0.455. The fourth-order valence-corrected chi connectivity index (χ4v) is 2.35. The molecule has 0 spiro atoms. The molecule has 0 aliphatic rings. The van der Waals surface area contributed by atoms with Crippen LogP contribution in [0.5, 0.6) is 0 Å². The van der Waals surface area contributed by atoms with Crippen LogP contribution >= 0.6 is 11.3 Å². The molecule has 0 unspecified atom stereocenters. The summed E-state index contributed by atoms with van der Waals surface area (Å²) in [6.45, 7) is 2.73. The Morgan fingerprint density at radius 2 is 2.16 bits per heavy atom. The highest BCUT2D eigenvalue weighted by atomic mass is 32.1. The van der Waals surface area contributed by atoms with Crippen LogP contribution in [0.25, 0.3) is 0 Å². The van der Waals surface area contributed by atoms with Gasteiger partial charge < -0.3 is 9.88 Å². The molecule has 19 heavy (non-hydrogen) atoms. The van der Waals surface area contributed by atoms with Gasteiger partial charge >= 0.3 is 5.69 Å². The molecule has 1 N–H and O–H groups in total. The van der Waals surface area contributed by atoms with Crippen molar-refractivity contribution < 1.29 is 0 Å². The molecule has 0 amide bonds. The van der Waals surface area contributed by atoms with Crippen molar-refractivity contribution in [2.24, 2.45) is 0 Å². The minimum absolute atomic E-state index is 0.154. The fourth-order valence-electron chi connectivity index (χ4n) is 1.67. The highest BCUT2D eigenvalue weighted by Crippen LogP contribution is 2.14. The highest BCUT2D eigenvalue weighted by Gasteiger charge is 2.09. The summed E-state index contributed by atoms with van der Waals surface area (Å²) in [4.78, 5) is 23.9. The van der Waals surface area contributed by atoms with Crippen molar-refractivity contribution in [2.45, 2.75) is 26.4 Å². The molecule has 2 aromatic rings. The first-order valence-corrected chi connectivity index (χ1v) is 6.77. The van der Waals surface area contributed by atoms with E-state index < -0.39 is 0 Å².